The fraction of sp³-hybridized carbons (Fsp3) is 0.625. The lowest BCUT2D eigenvalue weighted by Gasteiger charge is -2.29. The van der Waals surface area contributed by atoms with Gasteiger partial charge in [0, 0.05) is 38.6 Å². The van der Waals surface area contributed by atoms with Gasteiger partial charge in [0.1, 0.15) is 0 Å². The Morgan fingerprint density at radius 2 is 1.75 bits per heavy atom. The summed E-state index contributed by atoms with van der Waals surface area (Å²) in [6.07, 6.45) is 4.81. The van der Waals surface area contributed by atoms with E-state index in [4.69, 9.17) is 4.74 Å². The van der Waals surface area contributed by atoms with Crippen molar-refractivity contribution in [1.29, 1.82) is 0 Å². The van der Waals surface area contributed by atoms with Crippen LogP contribution in [0.1, 0.15) is 63.5 Å². The molecule has 0 spiro atoms. The molecule has 0 radical (unpaired) electrons. The molecule has 32 heavy (non-hydrogen) atoms. The summed E-state index contributed by atoms with van der Waals surface area (Å²) < 4.78 is 5.15. The molecular formula is C24H37IN4O3. The van der Waals surface area contributed by atoms with E-state index in [2.05, 4.69) is 27.8 Å². The Morgan fingerprint density at radius 3 is 2.34 bits per heavy atom. The lowest BCUT2D eigenvalue weighted by atomic mass is 9.86. The number of carbonyl (C=O) groups is 2. The number of carbonyl (C=O) groups excluding carboxylic acids is 2. The molecule has 1 saturated carbocycles. The molecule has 1 heterocycles. The zero-order chi connectivity index (χ0) is 22.1. The van der Waals surface area contributed by atoms with Gasteiger partial charge in [-0.2, -0.15) is 0 Å². The minimum absolute atomic E-state index is 0. The number of halogens is 1. The zero-order valence-electron chi connectivity index (χ0n) is 19.3. The van der Waals surface area contributed by atoms with Crippen LogP contribution in [0.2, 0.25) is 0 Å². The second kappa shape index (κ2) is 13.6. The van der Waals surface area contributed by atoms with Crippen LogP contribution in [-0.2, 0) is 27.4 Å². The Balaban J connectivity index is 0.00000363. The average molecular weight is 556 g/mol. The predicted octanol–water partition coefficient (Wildman–Crippen LogP) is 3.60. The molecule has 0 bridgehead atoms. The third-order valence-electron chi connectivity index (χ3n) is 6.04. The second-order valence-corrected chi connectivity index (χ2v) is 8.33. The number of nitrogens with zero attached hydrogens (tertiary/aromatic N) is 2. The van der Waals surface area contributed by atoms with Crippen LogP contribution < -0.4 is 10.6 Å². The fourth-order valence-corrected chi connectivity index (χ4v) is 4.34. The van der Waals surface area contributed by atoms with Gasteiger partial charge in [0.25, 0.3) is 0 Å². The van der Waals surface area contributed by atoms with Gasteiger partial charge >= 0.3 is 5.97 Å². The molecule has 1 aromatic carbocycles. The Morgan fingerprint density at radius 1 is 1.09 bits per heavy atom. The summed E-state index contributed by atoms with van der Waals surface area (Å²) in [6, 6.07) is 8.57. The van der Waals surface area contributed by atoms with Gasteiger partial charge in [-0.05, 0) is 57.1 Å². The standard InChI is InChI=1S/C24H36N4O3.HI/c1-3-25-24(27-21-13-11-18(12-14-21)23(30)31-4-2)26-15-7-10-22(29)28-16-19-8-5-6-9-20(19)17-28;/h5-6,8-9,18,21H,3-4,7,10-17H2,1-2H3,(H2,25,26,27);1H. The first-order chi connectivity index (χ1) is 15.1. The number of aliphatic imine (C=N–C) groups is 1. The number of rotatable bonds is 8. The quantitative estimate of drug-likeness (QED) is 0.168. The van der Waals surface area contributed by atoms with Crippen LogP contribution >= 0.6 is 24.0 Å². The van der Waals surface area contributed by atoms with Crippen LogP contribution in [0.15, 0.2) is 29.3 Å². The minimum atomic E-state index is -0.0627. The highest BCUT2D eigenvalue weighted by atomic mass is 127. The molecule has 0 atom stereocenters. The van der Waals surface area contributed by atoms with Crippen molar-refractivity contribution in [3.05, 3.63) is 35.4 Å². The van der Waals surface area contributed by atoms with Crippen molar-refractivity contribution in [1.82, 2.24) is 15.5 Å². The van der Waals surface area contributed by atoms with Gasteiger partial charge in [0.05, 0.1) is 12.5 Å². The summed E-state index contributed by atoms with van der Waals surface area (Å²) in [5.74, 6) is 0.956. The highest BCUT2D eigenvalue weighted by molar-refractivity contribution is 14.0. The molecule has 0 saturated heterocycles. The van der Waals surface area contributed by atoms with Crippen molar-refractivity contribution in [2.45, 2.75) is 71.5 Å². The average Bonchev–Trinajstić information content (AvgIpc) is 3.22. The topological polar surface area (TPSA) is 83.0 Å². The normalized spacial score (nSPS) is 20.2. The number of amides is 1. The summed E-state index contributed by atoms with van der Waals surface area (Å²) in [6.45, 7) is 7.18. The summed E-state index contributed by atoms with van der Waals surface area (Å²) in [4.78, 5) is 31.0. The molecule has 1 aliphatic carbocycles. The van der Waals surface area contributed by atoms with Crippen LogP contribution in [0, 0.1) is 5.92 Å². The van der Waals surface area contributed by atoms with E-state index in [0.717, 1.165) is 57.7 Å². The summed E-state index contributed by atoms with van der Waals surface area (Å²) in [7, 11) is 0. The van der Waals surface area contributed by atoms with Crippen molar-refractivity contribution >= 4 is 41.8 Å². The molecule has 8 heteroatoms. The van der Waals surface area contributed by atoms with Crippen LogP contribution in [0.3, 0.4) is 0 Å². The van der Waals surface area contributed by atoms with Crippen molar-refractivity contribution < 1.29 is 14.3 Å². The molecule has 2 aliphatic rings. The largest absolute Gasteiger partial charge is 0.466 e. The zero-order valence-corrected chi connectivity index (χ0v) is 21.6. The molecule has 178 valence electrons. The third-order valence-corrected chi connectivity index (χ3v) is 6.04. The number of hydrogen-bond acceptors (Lipinski definition) is 4. The highest BCUT2D eigenvalue weighted by Crippen LogP contribution is 2.25. The molecule has 3 rings (SSSR count). The summed E-state index contributed by atoms with van der Waals surface area (Å²) >= 11 is 0. The monoisotopic (exact) mass is 556 g/mol. The van der Waals surface area contributed by atoms with Gasteiger partial charge < -0.3 is 20.3 Å². The smallest absolute Gasteiger partial charge is 0.308 e. The van der Waals surface area contributed by atoms with E-state index in [1.54, 1.807) is 0 Å². The first-order valence-electron chi connectivity index (χ1n) is 11.7. The van der Waals surface area contributed by atoms with Crippen molar-refractivity contribution in [2.75, 3.05) is 19.7 Å². The molecule has 1 fully saturated rings. The Bertz CT molecular complexity index is 753. The number of benzene rings is 1. The van der Waals surface area contributed by atoms with E-state index in [1.807, 2.05) is 30.9 Å². The molecule has 1 aromatic rings. The molecule has 0 unspecified atom stereocenters. The molecule has 2 N–H and O–H groups in total. The molecular weight excluding hydrogens is 519 g/mol. The minimum Gasteiger partial charge on any atom is -0.466 e. The Labute approximate surface area is 208 Å². The third kappa shape index (κ3) is 7.64. The lowest BCUT2D eigenvalue weighted by molar-refractivity contribution is -0.149. The van der Waals surface area contributed by atoms with Gasteiger partial charge in [0.15, 0.2) is 5.96 Å². The predicted molar refractivity (Wildman–Crippen MR) is 137 cm³/mol. The number of esters is 1. The van der Waals surface area contributed by atoms with E-state index in [0.29, 0.717) is 25.6 Å². The summed E-state index contributed by atoms with van der Waals surface area (Å²) in [5.41, 5.74) is 2.51. The Hall–Kier alpha value is -1.84. The molecule has 1 amide bonds. The number of guanidine groups is 1. The SMILES string of the molecule is CCNC(=NCCCC(=O)N1Cc2ccccc2C1)NC1CCC(C(=O)OCC)CC1.I. The molecule has 7 nitrogen and oxygen atoms in total. The van der Waals surface area contributed by atoms with Crippen LogP contribution in [0.5, 0.6) is 0 Å². The highest BCUT2D eigenvalue weighted by Gasteiger charge is 2.27. The van der Waals surface area contributed by atoms with Crippen LogP contribution in [-0.4, -0.2) is 48.5 Å². The van der Waals surface area contributed by atoms with E-state index in [1.165, 1.54) is 11.1 Å². The van der Waals surface area contributed by atoms with E-state index in [9.17, 15) is 9.59 Å². The molecule has 1 aliphatic heterocycles. The van der Waals surface area contributed by atoms with Gasteiger partial charge in [-0.25, -0.2) is 0 Å². The Kier molecular flexibility index (Phi) is 11.3. The van der Waals surface area contributed by atoms with E-state index < -0.39 is 0 Å². The van der Waals surface area contributed by atoms with Crippen molar-refractivity contribution in [3.8, 4) is 0 Å². The number of fused-ring (bicyclic) bond motifs is 1. The number of nitrogens with one attached hydrogen (secondary N) is 2. The van der Waals surface area contributed by atoms with Crippen molar-refractivity contribution in [3.63, 3.8) is 0 Å². The van der Waals surface area contributed by atoms with Crippen LogP contribution in [0.4, 0.5) is 0 Å². The summed E-state index contributed by atoms with van der Waals surface area (Å²) in [5, 5.41) is 6.79. The maximum absolute atomic E-state index is 12.5. The van der Waals surface area contributed by atoms with Gasteiger partial charge in [-0.3, -0.25) is 14.6 Å². The van der Waals surface area contributed by atoms with E-state index in [-0.39, 0.29) is 41.8 Å². The lowest BCUT2D eigenvalue weighted by Crippen LogP contribution is -2.45. The number of ether oxygens (including phenoxy) is 1. The first kappa shape index (κ1) is 26.4. The molecule has 0 aromatic heterocycles. The number of hydrogen-bond donors (Lipinski definition) is 2. The maximum atomic E-state index is 12.5. The van der Waals surface area contributed by atoms with Gasteiger partial charge in [-0.15, -0.1) is 24.0 Å². The second-order valence-electron chi connectivity index (χ2n) is 8.33. The van der Waals surface area contributed by atoms with Crippen molar-refractivity contribution in [2.24, 2.45) is 10.9 Å². The fourth-order valence-electron chi connectivity index (χ4n) is 4.34. The first-order valence-corrected chi connectivity index (χ1v) is 11.7. The van der Waals surface area contributed by atoms with E-state index >= 15 is 0 Å². The van der Waals surface area contributed by atoms with Gasteiger partial charge in [-0.1, -0.05) is 24.3 Å². The maximum Gasteiger partial charge on any atom is 0.308 e. The van der Waals surface area contributed by atoms with Crippen LogP contribution in [0.25, 0.3) is 0 Å². The van der Waals surface area contributed by atoms with Gasteiger partial charge in [0.2, 0.25) is 5.91 Å².